The number of carbonyl (C=O) groups is 1. The van der Waals surface area contributed by atoms with E-state index in [1.165, 1.54) is 0 Å². The Morgan fingerprint density at radius 2 is 2.00 bits per heavy atom. The van der Waals surface area contributed by atoms with E-state index in [1.807, 2.05) is 35.0 Å². The van der Waals surface area contributed by atoms with Crippen molar-refractivity contribution >= 4 is 11.7 Å². The zero-order chi connectivity index (χ0) is 17.8. The fourth-order valence-corrected chi connectivity index (χ4v) is 2.83. The Labute approximate surface area is 151 Å². The van der Waals surface area contributed by atoms with Crippen molar-refractivity contribution in [1.29, 1.82) is 0 Å². The number of ether oxygens (including phenoxy) is 1. The highest BCUT2D eigenvalue weighted by molar-refractivity contribution is 6.05. The van der Waals surface area contributed by atoms with Crippen LogP contribution in [0.25, 0.3) is 11.5 Å². The molecule has 1 amide bonds. The van der Waals surface area contributed by atoms with Crippen LogP contribution < -0.4 is 10.1 Å². The highest BCUT2D eigenvalue weighted by atomic mass is 16.5. The van der Waals surface area contributed by atoms with Crippen molar-refractivity contribution in [3.8, 4) is 17.3 Å². The standard InChI is InChI=1S/C20H18N4O2/c25-20-15-7-2-3-9-17(15)26-14-5-1-4-12-24-13-11-21-19(24)16-8-6-10-18(22-16)23-20/h1-4,6-11,13H,5,12,14H2,(H,22,23,25)/b4-1+. The van der Waals surface area contributed by atoms with Gasteiger partial charge in [0.2, 0.25) is 0 Å². The molecule has 3 aromatic rings. The van der Waals surface area contributed by atoms with E-state index in [0.29, 0.717) is 36.0 Å². The van der Waals surface area contributed by atoms with E-state index in [9.17, 15) is 4.79 Å². The highest BCUT2D eigenvalue weighted by Crippen LogP contribution is 2.21. The Kier molecular flexibility index (Phi) is 4.47. The minimum Gasteiger partial charge on any atom is -0.492 e. The lowest BCUT2D eigenvalue weighted by molar-refractivity contribution is 0.102. The van der Waals surface area contributed by atoms with Gasteiger partial charge in [0.15, 0.2) is 5.82 Å². The molecule has 4 rings (SSSR count). The van der Waals surface area contributed by atoms with Crippen LogP contribution >= 0.6 is 0 Å². The molecule has 1 aliphatic rings. The first-order chi connectivity index (χ1) is 12.8. The molecular weight excluding hydrogens is 328 g/mol. The van der Waals surface area contributed by atoms with Crippen molar-refractivity contribution < 1.29 is 9.53 Å². The van der Waals surface area contributed by atoms with E-state index in [2.05, 4.69) is 27.4 Å². The van der Waals surface area contributed by atoms with Gasteiger partial charge >= 0.3 is 0 Å². The van der Waals surface area contributed by atoms with Gasteiger partial charge in [-0.15, -0.1) is 0 Å². The molecular formula is C20H18N4O2. The fourth-order valence-electron chi connectivity index (χ4n) is 2.83. The molecule has 1 N–H and O–H groups in total. The summed E-state index contributed by atoms with van der Waals surface area (Å²) in [6.45, 7) is 1.20. The van der Waals surface area contributed by atoms with Crippen molar-refractivity contribution in [2.45, 2.75) is 13.0 Å². The summed E-state index contributed by atoms with van der Waals surface area (Å²) in [4.78, 5) is 21.6. The Bertz CT molecular complexity index is 962. The molecule has 3 heterocycles. The number of rotatable bonds is 0. The molecule has 2 aromatic heterocycles. The molecule has 2 bridgehead atoms. The van der Waals surface area contributed by atoms with Crippen LogP contribution in [0.2, 0.25) is 0 Å². The van der Waals surface area contributed by atoms with Crippen LogP contribution in [0.5, 0.6) is 5.75 Å². The summed E-state index contributed by atoms with van der Waals surface area (Å²) in [6.07, 6.45) is 8.56. The summed E-state index contributed by atoms with van der Waals surface area (Å²) in [6, 6.07) is 12.7. The lowest BCUT2D eigenvalue weighted by Crippen LogP contribution is -2.15. The molecule has 0 radical (unpaired) electrons. The van der Waals surface area contributed by atoms with Gasteiger partial charge in [0.05, 0.1) is 12.2 Å². The largest absolute Gasteiger partial charge is 0.492 e. The normalized spacial score (nSPS) is 15.5. The van der Waals surface area contributed by atoms with E-state index < -0.39 is 0 Å². The quantitative estimate of drug-likeness (QED) is 0.632. The zero-order valence-electron chi connectivity index (χ0n) is 14.1. The van der Waals surface area contributed by atoms with Crippen molar-refractivity contribution in [1.82, 2.24) is 14.5 Å². The maximum atomic E-state index is 12.7. The van der Waals surface area contributed by atoms with Gasteiger partial charge in [-0.2, -0.15) is 0 Å². The Morgan fingerprint density at radius 3 is 2.96 bits per heavy atom. The molecule has 0 atom stereocenters. The van der Waals surface area contributed by atoms with Gasteiger partial charge in [-0.1, -0.05) is 30.4 Å². The van der Waals surface area contributed by atoms with E-state index in [4.69, 9.17) is 4.74 Å². The monoisotopic (exact) mass is 346 g/mol. The molecule has 130 valence electrons. The van der Waals surface area contributed by atoms with Crippen LogP contribution in [0, 0.1) is 0 Å². The predicted octanol–water partition coefficient (Wildman–Crippen LogP) is 3.54. The van der Waals surface area contributed by atoms with Crippen LogP contribution in [-0.4, -0.2) is 27.0 Å². The average molecular weight is 346 g/mol. The molecule has 0 unspecified atom stereocenters. The summed E-state index contributed by atoms with van der Waals surface area (Å²) in [5, 5.41) is 2.85. The van der Waals surface area contributed by atoms with Gasteiger partial charge in [0.25, 0.3) is 5.91 Å². The average Bonchev–Trinajstić information content (AvgIpc) is 3.13. The predicted molar refractivity (Wildman–Crippen MR) is 99.1 cm³/mol. The maximum absolute atomic E-state index is 12.7. The van der Waals surface area contributed by atoms with Crippen LogP contribution in [0.15, 0.2) is 67.0 Å². The number of aromatic nitrogens is 3. The maximum Gasteiger partial charge on any atom is 0.260 e. The summed E-state index contributed by atoms with van der Waals surface area (Å²) in [5.41, 5.74) is 1.20. The highest BCUT2D eigenvalue weighted by Gasteiger charge is 2.14. The number of carbonyl (C=O) groups excluding carboxylic acids is 1. The number of anilines is 1. The van der Waals surface area contributed by atoms with E-state index >= 15 is 0 Å². The molecule has 0 spiro atoms. The third-order valence-electron chi connectivity index (χ3n) is 4.08. The number of hydrogen-bond acceptors (Lipinski definition) is 4. The summed E-state index contributed by atoms with van der Waals surface area (Å²) >= 11 is 0. The van der Waals surface area contributed by atoms with E-state index in [1.54, 1.807) is 24.4 Å². The van der Waals surface area contributed by atoms with Crippen LogP contribution in [0.1, 0.15) is 16.8 Å². The van der Waals surface area contributed by atoms with Crippen molar-refractivity contribution in [3.05, 3.63) is 72.6 Å². The summed E-state index contributed by atoms with van der Waals surface area (Å²) in [7, 11) is 0. The number of amides is 1. The molecule has 0 aliphatic carbocycles. The second kappa shape index (κ2) is 7.23. The third kappa shape index (κ3) is 3.35. The number of imidazole rings is 1. The van der Waals surface area contributed by atoms with Crippen LogP contribution in [0.3, 0.4) is 0 Å². The fraction of sp³-hybridized carbons (Fsp3) is 0.150. The molecule has 6 nitrogen and oxygen atoms in total. The summed E-state index contributed by atoms with van der Waals surface area (Å²) in [5.74, 6) is 1.55. The SMILES string of the molecule is O=C1Nc2cccc(n2)-c2nccn2C/C=C/CCOc2ccccc21. The molecule has 0 saturated carbocycles. The van der Waals surface area contributed by atoms with Crippen LogP contribution in [-0.2, 0) is 6.54 Å². The minimum atomic E-state index is -0.251. The Balaban J connectivity index is 1.74. The lowest BCUT2D eigenvalue weighted by atomic mass is 10.2. The van der Waals surface area contributed by atoms with Gasteiger partial charge < -0.3 is 14.6 Å². The van der Waals surface area contributed by atoms with Gasteiger partial charge in [-0.05, 0) is 30.7 Å². The number of pyridine rings is 1. The first-order valence-electron chi connectivity index (χ1n) is 8.48. The lowest BCUT2D eigenvalue weighted by Gasteiger charge is -2.11. The van der Waals surface area contributed by atoms with Crippen molar-refractivity contribution in [3.63, 3.8) is 0 Å². The molecule has 0 saturated heterocycles. The molecule has 1 aliphatic heterocycles. The molecule has 0 fully saturated rings. The molecule has 6 heteroatoms. The number of benzene rings is 1. The topological polar surface area (TPSA) is 69.0 Å². The minimum absolute atomic E-state index is 0.251. The number of fused-ring (bicyclic) bond motifs is 5. The van der Waals surface area contributed by atoms with Crippen molar-refractivity contribution in [2.24, 2.45) is 0 Å². The second-order valence-electron chi connectivity index (χ2n) is 5.87. The van der Waals surface area contributed by atoms with Gasteiger partial charge in [-0.3, -0.25) is 4.79 Å². The van der Waals surface area contributed by atoms with Gasteiger partial charge in [0.1, 0.15) is 17.3 Å². The molecule has 26 heavy (non-hydrogen) atoms. The van der Waals surface area contributed by atoms with Crippen molar-refractivity contribution in [2.75, 3.05) is 11.9 Å². The number of nitrogens with one attached hydrogen (secondary N) is 1. The van der Waals surface area contributed by atoms with E-state index in [-0.39, 0.29) is 5.91 Å². The Hall–Kier alpha value is -3.41. The number of nitrogens with zero attached hydrogens (tertiary/aromatic N) is 3. The number of allylic oxidation sites excluding steroid dienone is 1. The van der Waals surface area contributed by atoms with Gasteiger partial charge in [-0.25, -0.2) is 9.97 Å². The number of hydrogen-bond donors (Lipinski definition) is 1. The Morgan fingerprint density at radius 1 is 1.08 bits per heavy atom. The third-order valence-corrected chi connectivity index (χ3v) is 4.08. The summed E-state index contributed by atoms with van der Waals surface area (Å²) < 4.78 is 7.81. The number of para-hydroxylation sites is 1. The first kappa shape index (κ1) is 16.1. The second-order valence-corrected chi connectivity index (χ2v) is 5.87. The van der Waals surface area contributed by atoms with E-state index in [0.717, 1.165) is 12.2 Å². The van der Waals surface area contributed by atoms with Gasteiger partial charge in [0, 0.05) is 18.9 Å². The smallest absolute Gasteiger partial charge is 0.260 e. The zero-order valence-corrected chi connectivity index (χ0v) is 14.1. The molecule has 1 aromatic carbocycles. The first-order valence-corrected chi connectivity index (χ1v) is 8.48. The van der Waals surface area contributed by atoms with Crippen LogP contribution in [0.4, 0.5) is 5.82 Å².